The number of aliphatic hydroxyl groups excluding tert-OH is 1. The molecule has 0 fully saturated rings. The Balaban J connectivity index is 2.41. The van der Waals surface area contributed by atoms with E-state index < -0.39 is 6.43 Å². The monoisotopic (exact) mass is 244 g/mol. The maximum Gasteiger partial charge on any atom is 0.264 e. The summed E-state index contributed by atoms with van der Waals surface area (Å²) >= 11 is 0. The number of ether oxygens (including phenoxy) is 2. The first-order valence-electron chi connectivity index (χ1n) is 5.54. The maximum absolute atomic E-state index is 12.8. The van der Waals surface area contributed by atoms with Gasteiger partial charge in [-0.1, -0.05) is 0 Å². The quantitative estimate of drug-likeness (QED) is 0.886. The summed E-state index contributed by atoms with van der Waals surface area (Å²) < 4.78 is 36.5. The van der Waals surface area contributed by atoms with Crippen molar-refractivity contribution in [3.05, 3.63) is 23.3 Å². The number of benzene rings is 1. The first-order chi connectivity index (χ1) is 8.22. The van der Waals surface area contributed by atoms with Gasteiger partial charge in [0.05, 0.1) is 13.2 Å². The molecule has 1 N–H and O–H groups in total. The van der Waals surface area contributed by atoms with Gasteiger partial charge in [-0.25, -0.2) is 8.78 Å². The van der Waals surface area contributed by atoms with E-state index in [0.29, 0.717) is 30.3 Å². The Kier molecular flexibility index (Phi) is 3.78. The van der Waals surface area contributed by atoms with Crippen molar-refractivity contribution in [3.8, 4) is 11.5 Å². The van der Waals surface area contributed by atoms with Crippen LogP contribution in [0.1, 0.15) is 24.0 Å². The van der Waals surface area contributed by atoms with E-state index in [0.717, 1.165) is 6.42 Å². The lowest BCUT2D eigenvalue weighted by Crippen LogP contribution is -2.01. The van der Waals surface area contributed by atoms with E-state index in [-0.39, 0.29) is 18.6 Å². The van der Waals surface area contributed by atoms with Crippen molar-refractivity contribution in [2.75, 3.05) is 19.8 Å². The fraction of sp³-hybridized carbons (Fsp3) is 0.500. The molecule has 0 aliphatic carbocycles. The summed E-state index contributed by atoms with van der Waals surface area (Å²) in [6, 6.07) is 2.86. The third-order valence-corrected chi connectivity index (χ3v) is 2.63. The van der Waals surface area contributed by atoms with Crippen molar-refractivity contribution < 1.29 is 23.4 Å². The summed E-state index contributed by atoms with van der Waals surface area (Å²) in [5, 5.41) is 8.87. The van der Waals surface area contributed by atoms with Gasteiger partial charge in [0.2, 0.25) is 0 Å². The number of hydrogen-bond acceptors (Lipinski definition) is 3. The van der Waals surface area contributed by atoms with Gasteiger partial charge in [-0.2, -0.15) is 0 Å². The Bertz CT molecular complexity index is 394. The summed E-state index contributed by atoms with van der Waals surface area (Å²) in [5.41, 5.74) is 0.315. The highest BCUT2D eigenvalue weighted by atomic mass is 19.3. The summed E-state index contributed by atoms with van der Waals surface area (Å²) in [7, 11) is 0. The van der Waals surface area contributed by atoms with E-state index in [1.54, 1.807) is 6.07 Å². The van der Waals surface area contributed by atoms with Gasteiger partial charge in [-0.15, -0.1) is 0 Å². The van der Waals surface area contributed by atoms with Crippen LogP contribution in [0.4, 0.5) is 8.78 Å². The Morgan fingerprint density at radius 3 is 2.41 bits per heavy atom. The minimum absolute atomic E-state index is 0.0942. The predicted octanol–water partition coefficient (Wildman–Crippen LogP) is 2.32. The van der Waals surface area contributed by atoms with Crippen LogP contribution in [0.25, 0.3) is 0 Å². The van der Waals surface area contributed by atoms with Crippen LogP contribution < -0.4 is 9.47 Å². The zero-order valence-electron chi connectivity index (χ0n) is 9.29. The van der Waals surface area contributed by atoms with Crippen LogP contribution in [-0.2, 0) is 6.42 Å². The highest BCUT2D eigenvalue weighted by Crippen LogP contribution is 2.36. The molecule has 3 nitrogen and oxygen atoms in total. The minimum Gasteiger partial charge on any atom is -0.490 e. The molecule has 17 heavy (non-hydrogen) atoms. The van der Waals surface area contributed by atoms with E-state index in [1.165, 1.54) is 6.07 Å². The summed E-state index contributed by atoms with van der Waals surface area (Å²) in [6.07, 6.45) is -1.65. The highest BCUT2D eigenvalue weighted by molar-refractivity contribution is 5.48. The van der Waals surface area contributed by atoms with Gasteiger partial charge in [0.15, 0.2) is 11.5 Å². The standard InChI is InChI=1S/C12H14F2O3/c13-12(14)9-7-11-10(6-8(9)2-3-15)16-4-1-5-17-11/h6-7,12,15H,1-5H2. The molecule has 2 rings (SSSR count). The largest absolute Gasteiger partial charge is 0.490 e. The average molecular weight is 244 g/mol. The molecular formula is C12H14F2O3. The lowest BCUT2D eigenvalue weighted by atomic mass is 10.0. The molecule has 0 saturated carbocycles. The Morgan fingerprint density at radius 2 is 1.82 bits per heavy atom. The summed E-state index contributed by atoms with van der Waals surface area (Å²) in [6.45, 7) is 0.813. The smallest absolute Gasteiger partial charge is 0.264 e. The molecule has 1 heterocycles. The first-order valence-corrected chi connectivity index (χ1v) is 5.54. The number of aliphatic hydroxyl groups is 1. The number of rotatable bonds is 3. The second kappa shape index (κ2) is 5.31. The molecule has 0 unspecified atom stereocenters. The lowest BCUT2D eigenvalue weighted by molar-refractivity contribution is 0.149. The van der Waals surface area contributed by atoms with Gasteiger partial charge in [-0.05, 0) is 24.1 Å². The second-order valence-electron chi connectivity index (χ2n) is 3.82. The van der Waals surface area contributed by atoms with Gasteiger partial charge in [0, 0.05) is 18.6 Å². The van der Waals surface area contributed by atoms with Crippen molar-refractivity contribution in [1.29, 1.82) is 0 Å². The maximum atomic E-state index is 12.8. The van der Waals surface area contributed by atoms with E-state index in [2.05, 4.69) is 0 Å². The van der Waals surface area contributed by atoms with Crippen molar-refractivity contribution in [1.82, 2.24) is 0 Å². The third kappa shape index (κ3) is 2.66. The van der Waals surface area contributed by atoms with Gasteiger partial charge in [-0.3, -0.25) is 0 Å². The Morgan fingerprint density at radius 1 is 1.18 bits per heavy atom. The van der Waals surface area contributed by atoms with Crippen molar-refractivity contribution in [2.24, 2.45) is 0 Å². The number of halogens is 2. The van der Waals surface area contributed by atoms with Crippen LogP contribution >= 0.6 is 0 Å². The first kappa shape index (κ1) is 12.1. The molecule has 0 radical (unpaired) electrons. The van der Waals surface area contributed by atoms with Crippen molar-refractivity contribution in [2.45, 2.75) is 19.3 Å². The van der Waals surface area contributed by atoms with Gasteiger partial charge in [0.1, 0.15) is 0 Å². The van der Waals surface area contributed by atoms with Crippen LogP contribution in [0.15, 0.2) is 12.1 Å². The molecule has 0 spiro atoms. The van der Waals surface area contributed by atoms with Crippen molar-refractivity contribution >= 4 is 0 Å². The average Bonchev–Trinajstić information content (AvgIpc) is 2.52. The molecule has 0 amide bonds. The number of hydrogen-bond donors (Lipinski definition) is 1. The molecule has 0 bridgehead atoms. The van der Waals surface area contributed by atoms with Crippen LogP contribution in [0, 0.1) is 0 Å². The Hall–Kier alpha value is -1.36. The third-order valence-electron chi connectivity index (χ3n) is 2.63. The summed E-state index contributed by atoms with van der Waals surface area (Å²) in [5.74, 6) is 0.842. The normalized spacial score (nSPS) is 14.8. The molecule has 1 aliphatic rings. The molecule has 5 heteroatoms. The van der Waals surface area contributed by atoms with E-state index >= 15 is 0 Å². The molecule has 0 aromatic heterocycles. The van der Waals surface area contributed by atoms with Crippen LogP contribution in [0.2, 0.25) is 0 Å². The highest BCUT2D eigenvalue weighted by Gasteiger charge is 2.19. The van der Waals surface area contributed by atoms with Gasteiger partial charge < -0.3 is 14.6 Å². The Labute approximate surface area is 98.0 Å². The lowest BCUT2D eigenvalue weighted by Gasteiger charge is -2.13. The minimum atomic E-state index is -2.58. The molecule has 94 valence electrons. The van der Waals surface area contributed by atoms with E-state index in [9.17, 15) is 8.78 Å². The molecule has 0 saturated heterocycles. The molecular weight excluding hydrogens is 230 g/mol. The van der Waals surface area contributed by atoms with Gasteiger partial charge >= 0.3 is 0 Å². The van der Waals surface area contributed by atoms with Crippen molar-refractivity contribution in [3.63, 3.8) is 0 Å². The number of fused-ring (bicyclic) bond motifs is 1. The predicted molar refractivity (Wildman–Crippen MR) is 57.8 cm³/mol. The molecule has 1 aliphatic heterocycles. The fourth-order valence-electron chi connectivity index (χ4n) is 1.81. The topological polar surface area (TPSA) is 38.7 Å². The molecule has 0 atom stereocenters. The fourth-order valence-corrected chi connectivity index (χ4v) is 1.81. The van der Waals surface area contributed by atoms with E-state index in [1.807, 2.05) is 0 Å². The van der Waals surface area contributed by atoms with Crippen LogP contribution in [0.3, 0.4) is 0 Å². The second-order valence-corrected chi connectivity index (χ2v) is 3.82. The zero-order chi connectivity index (χ0) is 12.3. The number of alkyl halides is 2. The van der Waals surface area contributed by atoms with Crippen LogP contribution in [0.5, 0.6) is 11.5 Å². The zero-order valence-corrected chi connectivity index (χ0v) is 9.29. The summed E-state index contributed by atoms with van der Waals surface area (Å²) in [4.78, 5) is 0. The molecule has 1 aromatic carbocycles. The van der Waals surface area contributed by atoms with Crippen LogP contribution in [-0.4, -0.2) is 24.9 Å². The van der Waals surface area contributed by atoms with E-state index in [4.69, 9.17) is 14.6 Å². The molecule has 1 aromatic rings. The SMILES string of the molecule is OCCc1cc2c(cc1C(F)F)OCCCO2. The van der Waals surface area contributed by atoms with Gasteiger partial charge in [0.25, 0.3) is 6.43 Å².